The summed E-state index contributed by atoms with van der Waals surface area (Å²) in [4.78, 5) is 6.70. The first-order chi connectivity index (χ1) is 13.2. The molecule has 1 aromatic heterocycles. The topological polar surface area (TPSA) is 75.2 Å². The molecule has 138 valence electrons. The number of benzene rings is 2. The zero-order valence-corrected chi connectivity index (χ0v) is 15.6. The highest BCUT2D eigenvalue weighted by molar-refractivity contribution is 5.54. The van der Waals surface area contributed by atoms with Gasteiger partial charge in [0, 0.05) is 25.8 Å². The maximum Gasteiger partial charge on any atom is 0.241 e. The molecule has 0 saturated heterocycles. The molecule has 1 heterocycles. The zero-order chi connectivity index (χ0) is 19.1. The van der Waals surface area contributed by atoms with Gasteiger partial charge in [-0.05, 0) is 24.6 Å². The minimum atomic E-state index is 0.530. The Morgan fingerprint density at radius 3 is 2.48 bits per heavy atom. The third kappa shape index (κ3) is 5.23. The SMILES string of the molecule is COCCN(Cc1ccc(C#N)cc1)Cc1nc(-c2ccc(C)cc2)no1. The molecule has 0 fully saturated rings. The first-order valence-electron chi connectivity index (χ1n) is 8.78. The van der Waals surface area contributed by atoms with Crippen LogP contribution >= 0.6 is 0 Å². The van der Waals surface area contributed by atoms with Gasteiger partial charge in [0.05, 0.1) is 24.8 Å². The van der Waals surface area contributed by atoms with Crippen LogP contribution in [0.15, 0.2) is 53.1 Å². The number of hydrogen-bond donors (Lipinski definition) is 0. The number of nitriles is 1. The van der Waals surface area contributed by atoms with E-state index in [9.17, 15) is 0 Å². The molecule has 3 rings (SSSR count). The maximum atomic E-state index is 8.93. The van der Waals surface area contributed by atoms with E-state index in [1.54, 1.807) is 7.11 Å². The number of rotatable bonds is 8. The molecular weight excluding hydrogens is 340 g/mol. The van der Waals surface area contributed by atoms with Crippen molar-refractivity contribution in [1.29, 1.82) is 5.26 Å². The van der Waals surface area contributed by atoms with Gasteiger partial charge in [0.25, 0.3) is 0 Å². The summed E-state index contributed by atoms with van der Waals surface area (Å²) in [6, 6.07) is 17.7. The Hall–Kier alpha value is -3.01. The summed E-state index contributed by atoms with van der Waals surface area (Å²) in [7, 11) is 1.68. The van der Waals surface area contributed by atoms with E-state index < -0.39 is 0 Å². The lowest BCUT2D eigenvalue weighted by Gasteiger charge is -2.20. The molecule has 3 aromatic rings. The summed E-state index contributed by atoms with van der Waals surface area (Å²) in [6.45, 7) is 4.62. The van der Waals surface area contributed by atoms with Gasteiger partial charge in [-0.1, -0.05) is 47.1 Å². The highest BCUT2D eigenvalue weighted by atomic mass is 16.5. The van der Waals surface area contributed by atoms with E-state index in [2.05, 4.69) is 21.1 Å². The minimum Gasteiger partial charge on any atom is -0.383 e. The van der Waals surface area contributed by atoms with E-state index in [0.717, 1.165) is 17.7 Å². The van der Waals surface area contributed by atoms with Gasteiger partial charge in [-0.2, -0.15) is 10.2 Å². The van der Waals surface area contributed by atoms with Crippen LogP contribution in [0.25, 0.3) is 11.4 Å². The van der Waals surface area contributed by atoms with Crippen LogP contribution in [-0.4, -0.2) is 35.3 Å². The normalized spacial score (nSPS) is 10.9. The molecule has 0 aliphatic rings. The second kappa shape index (κ2) is 9.08. The molecule has 6 nitrogen and oxygen atoms in total. The van der Waals surface area contributed by atoms with E-state index in [4.69, 9.17) is 14.5 Å². The molecule has 0 unspecified atom stereocenters. The van der Waals surface area contributed by atoms with Crippen molar-refractivity contribution in [3.63, 3.8) is 0 Å². The van der Waals surface area contributed by atoms with Gasteiger partial charge in [-0.15, -0.1) is 0 Å². The molecule has 0 aliphatic carbocycles. The Balaban J connectivity index is 1.70. The first-order valence-corrected chi connectivity index (χ1v) is 8.78. The van der Waals surface area contributed by atoms with E-state index in [1.807, 2.05) is 55.5 Å². The van der Waals surface area contributed by atoms with E-state index in [-0.39, 0.29) is 0 Å². The van der Waals surface area contributed by atoms with Gasteiger partial charge < -0.3 is 9.26 Å². The third-order valence-corrected chi connectivity index (χ3v) is 4.24. The minimum absolute atomic E-state index is 0.530. The summed E-state index contributed by atoms with van der Waals surface area (Å²) in [5, 5.41) is 13.0. The van der Waals surface area contributed by atoms with Crippen molar-refractivity contribution >= 4 is 0 Å². The quantitative estimate of drug-likeness (QED) is 0.610. The Morgan fingerprint density at radius 1 is 1.07 bits per heavy atom. The highest BCUT2D eigenvalue weighted by Gasteiger charge is 2.14. The Morgan fingerprint density at radius 2 is 1.81 bits per heavy atom. The number of aryl methyl sites for hydroxylation is 1. The molecule has 0 radical (unpaired) electrons. The van der Waals surface area contributed by atoms with Crippen molar-refractivity contribution in [3.8, 4) is 17.5 Å². The Bertz CT molecular complexity index is 895. The van der Waals surface area contributed by atoms with Crippen LogP contribution < -0.4 is 0 Å². The van der Waals surface area contributed by atoms with Crippen LogP contribution in [0.1, 0.15) is 22.6 Å². The average Bonchev–Trinajstić information content (AvgIpc) is 3.15. The molecule has 0 saturated carbocycles. The zero-order valence-electron chi connectivity index (χ0n) is 15.6. The predicted molar refractivity (Wildman–Crippen MR) is 102 cm³/mol. The second-order valence-electron chi connectivity index (χ2n) is 6.39. The summed E-state index contributed by atoms with van der Waals surface area (Å²) in [5.74, 6) is 1.16. The smallest absolute Gasteiger partial charge is 0.241 e. The van der Waals surface area contributed by atoms with Gasteiger partial charge in [-0.25, -0.2) is 0 Å². The van der Waals surface area contributed by atoms with E-state index >= 15 is 0 Å². The number of aromatic nitrogens is 2. The molecular formula is C21H22N4O2. The number of hydrogen-bond acceptors (Lipinski definition) is 6. The van der Waals surface area contributed by atoms with Crippen LogP contribution in [0.5, 0.6) is 0 Å². The van der Waals surface area contributed by atoms with Crippen molar-refractivity contribution in [3.05, 3.63) is 71.1 Å². The number of nitrogens with zero attached hydrogens (tertiary/aromatic N) is 4. The second-order valence-corrected chi connectivity index (χ2v) is 6.39. The van der Waals surface area contributed by atoms with Gasteiger partial charge in [0.2, 0.25) is 11.7 Å². The summed E-state index contributed by atoms with van der Waals surface area (Å²) in [5.41, 5.74) is 3.90. The molecule has 27 heavy (non-hydrogen) atoms. The fourth-order valence-electron chi connectivity index (χ4n) is 2.71. The molecule has 2 aromatic carbocycles. The molecule has 0 aliphatic heterocycles. The maximum absolute atomic E-state index is 8.93. The van der Waals surface area contributed by atoms with Gasteiger partial charge in [0.1, 0.15) is 0 Å². The van der Waals surface area contributed by atoms with Crippen molar-refractivity contribution in [2.24, 2.45) is 0 Å². The molecule has 0 N–H and O–H groups in total. The number of methoxy groups -OCH3 is 1. The van der Waals surface area contributed by atoms with Gasteiger partial charge in [0.15, 0.2) is 0 Å². The highest BCUT2D eigenvalue weighted by Crippen LogP contribution is 2.17. The van der Waals surface area contributed by atoms with Crippen LogP contribution in [0.3, 0.4) is 0 Å². The molecule has 6 heteroatoms. The lowest BCUT2D eigenvalue weighted by molar-refractivity contribution is 0.131. The Kier molecular flexibility index (Phi) is 6.31. The predicted octanol–water partition coefficient (Wildman–Crippen LogP) is 3.57. The first kappa shape index (κ1) is 18.8. The Labute approximate surface area is 159 Å². The van der Waals surface area contributed by atoms with Crippen molar-refractivity contribution < 1.29 is 9.26 Å². The summed E-state index contributed by atoms with van der Waals surface area (Å²) < 4.78 is 10.7. The molecule has 0 spiro atoms. The van der Waals surface area contributed by atoms with Crippen LogP contribution in [0, 0.1) is 18.3 Å². The molecule has 0 bridgehead atoms. The standard InChI is InChI=1S/C21H22N4O2/c1-16-3-9-19(10-4-16)21-23-20(27-24-21)15-25(11-12-26-2)14-18-7-5-17(13-22)6-8-18/h3-10H,11-12,14-15H2,1-2H3. The molecule has 0 atom stereocenters. The lowest BCUT2D eigenvalue weighted by Crippen LogP contribution is -2.26. The third-order valence-electron chi connectivity index (χ3n) is 4.24. The largest absolute Gasteiger partial charge is 0.383 e. The van der Waals surface area contributed by atoms with Gasteiger partial charge >= 0.3 is 0 Å². The van der Waals surface area contributed by atoms with Crippen molar-refractivity contribution in [2.75, 3.05) is 20.3 Å². The van der Waals surface area contributed by atoms with Gasteiger partial charge in [-0.3, -0.25) is 4.90 Å². The summed E-state index contributed by atoms with van der Waals surface area (Å²) >= 11 is 0. The van der Waals surface area contributed by atoms with E-state index in [0.29, 0.717) is 37.0 Å². The summed E-state index contributed by atoms with van der Waals surface area (Å²) in [6.07, 6.45) is 0. The van der Waals surface area contributed by atoms with Crippen LogP contribution in [0.2, 0.25) is 0 Å². The van der Waals surface area contributed by atoms with Crippen LogP contribution in [0.4, 0.5) is 0 Å². The van der Waals surface area contributed by atoms with E-state index in [1.165, 1.54) is 5.56 Å². The van der Waals surface area contributed by atoms with Crippen LogP contribution in [-0.2, 0) is 17.8 Å². The number of ether oxygens (including phenoxy) is 1. The lowest BCUT2D eigenvalue weighted by atomic mass is 10.1. The molecule has 0 amide bonds. The van der Waals surface area contributed by atoms with Crippen molar-refractivity contribution in [1.82, 2.24) is 15.0 Å². The fraction of sp³-hybridized carbons (Fsp3) is 0.286. The monoisotopic (exact) mass is 362 g/mol. The fourth-order valence-corrected chi connectivity index (χ4v) is 2.71. The van der Waals surface area contributed by atoms with Crippen molar-refractivity contribution in [2.45, 2.75) is 20.0 Å². The average molecular weight is 362 g/mol.